The predicted octanol–water partition coefficient (Wildman–Crippen LogP) is 5.02. The Labute approximate surface area is 128 Å². The summed E-state index contributed by atoms with van der Waals surface area (Å²) in [6.07, 6.45) is 5.62. The van der Waals surface area contributed by atoms with Crippen LogP contribution in [0.15, 0.2) is 18.2 Å². The fourth-order valence-electron chi connectivity index (χ4n) is 3.40. The van der Waals surface area contributed by atoms with Crippen molar-refractivity contribution in [1.82, 2.24) is 0 Å². The smallest absolute Gasteiger partial charge is 0.260 e. The Morgan fingerprint density at radius 2 is 1.95 bits per heavy atom. The number of hydrogen-bond acceptors (Lipinski definition) is 2. The van der Waals surface area contributed by atoms with Crippen LogP contribution in [-0.4, -0.2) is 17.9 Å². The number of nitrogens with zero attached hydrogens (tertiary/aromatic N) is 1. The van der Waals surface area contributed by atoms with Crippen LogP contribution in [0, 0.1) is 23.7 Å². The van der Waals surface area contributed by atoms with Gasteiger partial charge in [0.25, 0.3) is 5.69 Å². The van der Waals surface area contributed by atoms with E-state index in [2.05, 4.69) is 13.8 Å². The highest BCUT2D eigenvalue weighted by Gasteiger charge is 2.34. The molecule has 1 atom stereocenters. The minimum absolute atomic E-state index is 0.123. The van der Waals surface area contributed by atoms with Gasteiger partial charge in [0.05, 0.1) is 13.2 Å². The fraction of sp³-hybridized carbons (Fsp3) is 0.667. The predicted molar refractivity (Wildman–Crippen MR) is 86.2 cm³/mol. The summed E-state index contributed by atoms with van der Waals surface area (Å²) >= 11 is 0. The van der Waals surface area contributed by atoms with Crippen molar-refractivity contribution in [3.05, 3.63) is 28.7 Å². The second-order valence-electron chi connectivity index (χ2n) is 6.43. The normalized spacial score (nSPS) is 23.6. The van der Waals surface area contributed by atoms with Crippen molar-refractivity contribution in [3.63, 3.8) is 0 Å². The number of aryl methyl sites for hydroxylation is 1. The second-order valence-corrected chi connectivity index (χ2v) is 6.43. The highest BCUT2D eigenvalue weighted by molar-refractivity contribution is 5.43. The van der Waals surface area contributed by atoms with Gasteiger partial charge in [-0.3, -0.25) is 0 Å². The molecule has 0 spiro atoms. The quantitative estimate of drug-likeness (QED) is 0.713. The van der Waals surface area contributed by atoms with Gasteiger partial charge in [-0.25, -0.2) is 0 Å². The zero-order chi connectivity index (χ0) is 15.4. The Bertz CT molecular complexity index is 490. The molecule has 1 aliphatic rings. The highest BCUT2D eigenvalue weighted by atomic mass is 16.5. The molecular weight excluding hydrogens is 262 g/mol. The summed E-state index contributed by atoms with van der Waals surface area (Å²) in [5.41, 5.74) is 1.79. The maximum atomic E-state index is 12.6. The first-order chi connectivity index (χ1) is 10.1. The van der Waals surface area contributed by atoms with Crippen LogP contribution >= 0.6 is 0 Å². The largest absolute Gasteiger partial charge is 0.496 e. The number of methoxy groups -OCH3 is 1. The van der Waals surface area contributed by atoms with Crippen LogP contribution in [0.2, 0.25) is 0 Å². The Hall–Kier alpha value is -1.38. The van der Waals surface area contributed by atoms with E-state index in [9.17, 15) is 4.91 Å². The van der Waals surface area contributed by atoms with Crippen molar-refractivity contribution in [3.8, 4) is 5.75 Å². The number of rotatable bonds is 5. The lowest BCUT2D eigenvalue weighted by Gasteiger charge is -2.28. The number of benzene rings is 1. The molecule has 3 nitrogen and oxygen atoms in total. The number of ether oxygens (including phenoxy) is 1. The van der Waals surface area contributed by atoms with Crippen LogP contribution in [0.4, 0.5) is 5.69 Å². The third kappa shape index (κ3) is 3.63. The lowest BCUT2D eigenvalue weighted by atomic mass is 9.78. The van der Waals surface area contributed by atoms with Gasteiger partial charge >= 0.3 is 0 Å². The Balaban J connectivity index is 2.02. The van der Waals surface area contributed by atoms with Gasteiger partial charge in [0.1, 0.15) is 5.75 Å². The van der Waals surface area contributed by atoms with Crippen LogP contribution in [0.5, 0.6) is 5.75 Å². The van der Waals surface area contributed by atoms with Crippen LogP contribution in [0.3, 0.4) is 0 Å². The third-order valence-electron chi connectivity index (χ3n) is 5.17. The molecule has 0 aliphatic heterocycles. The molecule has 21 heavy (non-hydrogen) atoms. The number of nitroso groups, excluding NO2 is 1. The van der Waals surface area contributed by atoms with Crippen molar-refractivity contribution < 1.29 is 9.50 Å². The molecule has 1 saturated carbocycles. The van der Waals surface area contributed by atoms with E-state index in [-0.39, 0.29) is 6.04 Å². The van der Waals surface area contributed by atoms with Crippen LogP contribution in [-0.2, 0) is 0 Å². The highest BCUT2D eigenvalue weighted by Crippen LogP contribution is 2.35. The Morgan fingerprint density at radius 1 is 1.29 bits per heavy atom. The minimum atomic E-state index is 0.123. The van der Waals surface area contributed by atoms with Crippen LogP contribution < -0.4 is 4.74 Å². The summed E-state index contributed by atoms with van der Waals surface area (Å²) in [6.45, 7) is 6.59. The zero-order valence-electron chi connectivity index (χ0n) is 13.8. The molecule has 2 rings (SSSR count). The molecule has 0 heterocycles. The van der Waals surface area contributed by atoms with Gasteiger partial charge in [0.2, 0.25) is 6.04 Å². The average molecular weight is 290 g/mol. The molecule has 1 aromatic carbocycles. The first-order valence-electron chi connectivity index (χ1n) is 8.17. The molecule has 0 radical (unpaired) electrons. The maximum absolute atomic E-state index is 12.6. The van der Waals surface area contributed by atoms with E-state index < -0.39 is 0 Å². The van der Waals surface area contributed by atoms with Crippen molar-refractivity contribution in [2.24, 2.45) is 11.8 Å². The van der Waals surface area contributed by atoms with Gasteiger partial charge in [0, 0.05) is 28.6 Å². The molecule has 0 bridgehead atoms. The summed E-state index contributed by atoms with van der Waals surface area (Å²) in [7, 11) is 1.65. The van der Waals surface area contributed by atoms with Crippen molar-refractivity contribution >= 4 is 5.69 Å². The lowest BCUT2D eigenvalue weighted by molar-refractivity contribution is -0.511. The standard InChI is InChI=1S/C18H28NO2/c1-5-13(2)15-7-10-16(11-8-15)19(20)17-9-6-14(3)18(12-17)21-4/h6,9,12-13,15-16H,5,7-8,10-11H2,1-4H3/q+1. The zero-order valence-corrected chi connectivity index (χ0v) is 13.8. The van der Waals surface area contributed by atoms with Gasteiger partial charge in [-0.1, -0.05) is 20.3 Å². The fourth-order valence-corrected chi connectivity index (χ4v) is 3.40. The topological polar surface area (TPSA) is 29.3 Å². The molecule has 116 valence electrons. The van der Waals surface area contributed by atoms with Gasteiger partial charge in [0.15, 0.2) is 0 Å². The van der Waals surface area contributed by atoms with Crippen molar-refractivity contribution in [2.45, 2.75) is 58.9 Å². The van der Waals surface area contributed by atoms with E-state index in [1.165, 1.54) is 24.0 Å². The molecule has 1 aromatic rings. The first kappa shape index (κ1) is 16.0. The van der Waals surface area contributed by atoms with Gasteiger partial charge < -0.3 is 4.74 Å². The van der Waals surface area contributed by atoms with E-state index in [4.69, 9.17) is 4.74 Å². The lowest BCUT2D eigenvalue weighted by Crippen LogP contribution is -2.28. The number of hydrogen-bond donors (Lipinski definition) is 0. The molecule has 0 amide bonds. The minimum Gasteiger partial charge on any atom is -0.496 e. The molecule has 1 unspecified atom stereocenters. The third-order valence-corrected chi connectivity index (χ3v) is 5.17. The van der Waals surface area contributed by atoms with Gasteiger partial charge in [-0.05, 0) is 43.2 Å². The first-order valence-corrected chi connectivity index (χ1v) is 8.17. The second kappa shape index (κ2) is 7.06. The Kier molecular flexibility index (Phi) is 5.38. The summed E-state index contributed by atoms with van der Waals surface area (Å²) in [5.74, 6) is 2.37. The van der Waals surface area contributed by atoms with E-state index in [0.717, 1.165) is 41.7 Å². The van der Waals surface area contributed by atoms with Crippen LogP contribution in [0.1, 0.15) is 51.5 Å². The Morgan fingerprint density at radius 3 is 2.52 bits per heavy atom. The summed E-state index contributed by atoms with van der Waals surface area (Å²) in [5, 5.41) is 0. The molecule has 1 fully saturated rings. The van der Waals surface area contributed by atoms with Gasteiger partial charge in [-0.15, -0.1) is 0 Å². The van der Waals surface area contributed by atoms with E-state index in [1.54, 1.807) is 7.11 Å². The van der Waals surface area contributed by atoms with Crippen molar-refractivity contribution in [1.29, 1.82) is 0 Å². The monoisotopic (exact) mass is 290 g/mol. The summed E-state index contributed by atoms with van der Waals surface area (Å²) in [4.78, 5) is 12.6. The summed E-state index contributed by atoms with van der Waals surface area (Å²) < 4.78 is 6.52. The molecule has 1 aliphatic carbocycles. The van der Waals surface area contributed by atoms with E-state index >= 15 is 0 Å². The molecule has 3 heteroatoms. The van der Waals surface area contributed by atoms with Crippen LogP contribution in [0.25, 0.3) is 0 Å². The van der Waals surface area contributed by atoms with Crippen molar-refractivity contribution in [2.75, 3.05) is 7.11 Å². The van der Waals surface area contributed by atoms with E-state index in [0.29, 0.717) is 0 Å². The molecule has 0 saturated heterocycles. The molecule has 0 N–H and O–H groups in total. The van der Waals surface area contributed by atoms with E-state index in [1.807, 2.05) is 25.1 Å². The maximum Gasteiger partial charge on any atom is 0.260 e. The summed E-state index contributed by atoms with van der Waals surface area (Å²) in [6, 6.07) is 5.86. The molecular formula is C18H28NO2+. The molecule has 0 aromatic heterocycles. The van der Waals surface area contributed by atoms with Gasteiger partial charge in [-0.2, -0.15) is 0 Å². The average Bonchev–Trinajstić information content (AvgIpc) is 2.54. The SMILES string of the molecule is CCC(C)C1CCC([N+](=O)c2ccc(C)c(OC)c2)CC1.